The van der Waals surface area contributed by atoms with Gasteiger partial charge in [-0.1, -0.05) is 19.1 Å². The summed E-state index contributed by atoms with van der Waals surface area (Å²) in [5.41, 5.74) is -1.58. The molecule has 30 heavy (non-hydrogen) atoms. The molecule has 0 aliphatic rings. The Morgan fingerprint density at radius 2 is 2.00 bits per heavy atom. The highest BCUT2D eigenvalue weighted by atomic mass is 19.4. The molecular weight excluding hydrogens is 401 g/mol. The molecule has 2 N–H and O–H groups in total. The van der Waals surface area contributed by atoms with Crippen molar-refractivity contribution in [2.75, 3.05) is 0 Å². The van der Waals surface area contributed by atoms with Gasteiger partial charge < -0.3 is 5.32 Å². The van der Waals surface area contributed by atoms with Crippen LogP contribution in [0.3, 0.4) is 0 Å². The molecule has 0 radical (unpaired) electrons. The lowest BCUT2D eigenvalue weighted by molar-refractivity contribution is -0.137. The first-order valence-corrected chi connectivity index (χ1v) is 9.22. The minimum atomic E-state index is -4.49. The number of carbonyl (C=O) groups excluding carboxylic acids is 1. The molecule has 1 amide bonds. The Hall–Kier alpha value is -3.43. The summed E-state index contributed by atoms with van der Waals surface area (Å²) in [5, 5.41) is 2.67. The van der Waals surface area contributed by atoms with Crippen LogP contribution in [0, 0.1) is 0 Å². The van der Waals surface area contributed by atoms with Gasteiger partial charge in [-0.15, -0.1) is 0 Å². The van der Waals surface area contributed by atoms with Crippen molar-refractivity contribution in [3.63, 3.8) is 0 Å². The van der Waals surface area contributed by atoms with E-state index < -0.39 is 34.9 Å². The number of hydrogen-bond donors (Lipinski definition) is 2. The number of aromatic amines is 1. The summed E-state index contributed by atoms with van der Waals surface area (Å²) in [7, 11) is 0. The minimum absolute atomic E-state index is 0.0496. The molecule has 158 valence electrons. The minimum Gasteiger partial charge on any atom is -0.345 e. The average Bonchev–Trinajstić information content (AvgIpc) is 2.70. The molecular formula is C20H19F3N4O3. The predicted molar refractivity (Wildman–Crippen MR) is 104 cm³/mol. The lowest BCUT2D eigenvalue weighted by Crippen LogP contribution is -2.32. The molecule has 3 rings (SSSR count). The number of nitrogens with one attached hydrogen (secondary N) is 2. The molecule has 10 heteroatoms. The van der Waals surface area contributed by atoms with E-state index in [9.17, 15) is 27.6 Å². The van der Waals surface area contributed by atoms with Crippen molar-refractivity contribution >= 4 is 16.9 Å². The molecule has 0 fully saturated rings. The van der Waals surface area contributed by atoms with E-state index in [1.807, 2.05) is 6.92 Å². The SMILES string of the molecule is CCCn1c(=O)[nH]c(=O)c2cc(C(=O)NC(C)c3cccc(C(F)(F)F)c3)cnc21. The van der Waals surface area contributed by atoms with Crippen LogP contribution in [0.1, 0.15) is 47.8 Å². The van der Waals surface area contributed by atoms with E-state index >= 15 is 0 Å². The normalized spacial score (nSPS) is 12.7. The van der Waals surface area contributed by atoms with Crippen molar-refractivity contribution in [3.8, 4) is 0 Å². The van der Waals surface area contributed by atoms with E-state index in [0.29, 0.717) is 13.0 Å². The summed E-state index contributed by atoms with van der Waals surface area (Å²) in [6, 6.07) is 5.26. The fraction of sp³-hybridized carbons (Fsp3) is 0.300. The quantitative estimate of drug-likeness (QED) is 0.663. The molecule has 3 aromatic rings. The molecule has 2 heterocycles. The van der Waals surface area contributed by atoms with Crippen LogP contribution in [-0.4, -0.2) is 20.4 Å². The maximum Gasteiger partial charge on any atom is 0.416 e. The number of carbonyl (C=O) groups is 1. The summed E-state index contributed by atoms with van der Waals surface area (Å²) in [6.45, 7) is 3.76. The van der Waals surface area contributed by atoms with Crippen LogP contribution < -0.4 is 16.6 Å². The molecule has 0 saturated carbocycles. The van der Waals surface area contributed by atoms with Crippen LogP contribution in [0.25, 0.3) is 11.0 Å². The Kier molecular flexibility index (Phi) is 5.77. The van der Waals surface area contributed by atoms with Crippen molar-refractivity contribution in [2.24, 2.45) is 0 Å². The topological polar surface area (TPSA) is 96.9 Å². The van der Waals surface area contributed by atoms with E-state index in [2.05, 4.69) is 15.3 Å². The maximum atomic E-state index is 12.9. The number of fused-ring (bicyclic) bond motifs is 1. The van der Waals surface area contributed by atoms with Gasteiger partial charge in [-0.3, -0.25) is 19.1 Å². The van der Waals surface area contributed by atoms with Crippen LogP contribution in [0.2, 0.25) is 0 Å². The molecule has 0 aliphatic carbocycles. The van der Waals surface area contributed by atoms with E-state index in [1.54, 1.807) is 6.92 Å². The number of amides is 1. The third-order valence-corrected chi connectivity index (χ3v) is 4.60. The van der Waals surface area contributed by atoms with Crippen LogP contribution in [-0.2, 0) is 12.7 Å². The number of hydrogen-bond acceptors (Lipinski definition) is 4. The van der Waals surface area contributed by atoms with Gasteiger partial charge in [-0.2, -0.15) is 13.2 Å². The van der Waals surface area contributed by atoms with Crippen LogP contribution in [0.15, 0.2) is 46.1 Å². The number of aromatic nitrogens is 3. The largest absolute Gasteiger partial charge is 0.416 e. The fourth-order valence-electron chi connectivity index (χ4n) is 3.07. The lowest BCUT2D eigenvalue weighted by atomic mass is 10.0. The molecule has 1 atom stereocenters. The van der Waals surface area contributed by atoms with Crippen molar-refractivity contribution in [3.05, 3.63) is 74.1 Å². The van der Waals surface area contributed by atoms with Crippen molar-refractivity contribution < 1.29 is 18.0 Å². The van der Waals surface area contributed by atoms with Crippen LogP contribution in [0.4, 0.5) is 13.2 Å². The van der Waals surface area contributed by atoms with Gasteiger partial charge in [0.05, 0.1) is 22.6 Å². The standard InChI is InChI=1S/C20H19F3N4O3/c1-3-7-27-16-15(18(29)26-19(27)30)9-13(10-24-16)17(28)25-11(2)12-5-4-6-14(8-12)20(21,22)23/h4-6,8-11H,3,7H2,1-2H3,(H,25,28)(H,26,29,30). The zero-order chi connectivity index (χ0) is 22.1. The van der Waals surface area contributed by atoms with Crippen LogP contribution >= 0.6 is 0 Å². The number of halogens is 3. The Bertz CT molecular complexity index is 1210. The van der Waals surface area contributed by atoms with Gasteiger partial charge in [0.1, 0.15) is 5.65 Å². The summed E-state index contributed by atoms with van der Waals surface area (Å²) in [4.78, 5) is 43.0. The number of aryl methyl sites for hydroxylation is 1. The predicted octanol–water partition coefficient (Wildman–Crippen LogP) is 3.00. The number of H-pyrrole nitrogens is 1. The second kappa shape index (κ2) is 8.13. The molecule has 2 aromatic heterocycles. The third-order valence-electron chi connectivity index (χ3n) is 4.60. The van der Waals surface area contributed by atoms with E-state index in [1.165, 1.54) is 29.0 Å². The van der Waals surface area contributed by atoms with E-state index in [-0.39, 0.29) is 22.2 Å². The molecule has 0 aliphatic heterocycles. The van der Waals surface area contributed by atoms with Gasteiger partial charge in [-0.05, 0) is 37.1 Å². The zero-order valence-electron chi connectivity index (χ0n) is 16.2. The fourth-order valence-corrected chi connectivity index (χ4v) is 3.07. The van der Waals surface area contributed by atoms with Gasteiger partial charge >= 0.3 is 11.9 Å². The molecule has 7 nitrogen and oxygen atoms in total. The first-order valence-electron chi connectivity index (χ1n) is 9.22. The van der Waals surface area contributed by atoms with Gasteiger partial charge in [-0.25, -0.2) is 9.78 Å². The lowest BCUT2D eigenvalue weighted by Gasteiger charge is -2.16. The number of rotatable bonds is 5. The Morgan fingerprint density at radius 1 is 1.27 bits per heavy atom. The van der Waals surface area contributed by atoms with Crippen LogP contribution in [0.5, 0.6) is 0 Å². The highest BCUT2D eigenvalue weighted by molar-refractivity contribution is 5.96. The highest BCUT2D eigenvalue weighted by Crippen LogP contribution is 2.30. The van der Waals surface area contributed by atoms with Crippen molar-refractivity contribution in [1.29, 1.82) is 0 Å². The molecule has 0 bridgehead atoms. The number of pyridine rings is 1. The third kappa shape index (κ3) is 4.27. The number of benzene rings is 1. The summed E-state index contributed by atoms with van der Waals surface area (Å²) in [5.74, 6) is -0.609. The molecule has 1 unspecified atom stereocenters. The average molecular weight is 420 g/mol. The smallest absolute Gasteiger partial charge is 0.345 e. The highest BCUT2D eigenvalue weighted by Gasteiger charge is 2.30. The van der Waals surface area contributed by atoms with E-state index in [0.717, 1.165) is 12.1 Å². The summed E-state index contributed by atoms with van der Waals surface area (Å²) >= 11 is 0. The van der Waals surface area contributed by atoms with Gasteiger partial charge in [0, 0.05) is 12.7 Å². The number of nitrogens with zero attached hydrogens (tertiary/aromatic N) is 2. The van der Waals surface area contributed by atoms with E-state index in [4.69, 9.17) is 0 Å². The maximum absolute atomic E-state index is 12.9. The Balaban J connectivity index is 1.90. The summed E-state index contributed by atoms with van der Waals surface area (Å²) in [6.07, 6.45) is -2.63. The number of alkyl halides is 3. The molecule has 0 saturated heterocycles. The second-order valence-corrected chi connectivity index (χ2v) is 6.82. The van der Waals surface area contributed by atoms with Gasteiger partial charge in [0.2, 0.25) is 0 Å². The Labute approximate surface area is 168 Å². The molecule has 0 spiro atoms. The van der Waals surface area contributed by atoms with Gasteiger partial charge in [0.15, 0.2) is 0 Å². The zero-order valence-corrected chi connectivity index (χ0v) is 16.2. The first-order chi connectivity index (χ1) is 14.1. The molecule has 1 aromatic carbocycles. The first kappa shape index (κ1) is 21.3. The van der Waals surface area contributed by atoms with Crippen molar-refractivity contribution in [1.82, 2.24) is 19.9 Å². The second-order valence-electron chi connectivity index (χ2n) is 6.82. The monoisotopic (exact) mass is 420 g/mol. The Morgan fingerprint density at radius 3 is 2.67 bits per heavy atom. The van der Waals surface area contributed by atoms with Crippen molar-refractivity contribution in [2.45, 2.75) is 39.0 Å². The summed E-state index contributed by atoms with van der Waals surface area (Å²) < 4.78 is 40.0. The van der Waals surface area contributed by atoms with Gasteiger partial charge in [0.25, 0.3) is 11.5 Å².